The molecular formula is C22H14F2O3. The largest absolute Gasteiger partial charge is 0.478 e. The van der Waals surface area contributed by atoms with Gasteiger partial charge in [-0.15, -0.1) is 0 Å². The molecular weight excluding hydrogens is 350 g/mol. The van der Waals surface area contributed by atoms with Crippen LogP contribution in [0.3, 0.4) is 0 Å². The molecule has 0 bridgehead atoms. The van der Waals surface area contributed by atoms with Crippen molar-refractivity contribution in [1.29, 1.82) is 0 Å². The van der Waals surface area contributed by atoms with E-state index in [4.69, 9.17) is 4.42 Å². The molecule has 1 heterocycles. The van der Waals surface area contributed by atoms with E-state index in [2.05, 4.69) is 0 Å². The van der Waals surface area contributed by atoms with Gasteiger partial charge in [0.1, 0.15) is 11.3 Å². The lowest BCUT2D eigenvalue weighted by molar-refractivity contribution is 0.0697. The summed E-state index contributed by atoms with van der Waals surface area (Å²) in [7, 11) is 0. The molecule has 134 valence electrons. The highest BCUT2D eigenvalue weighted by Crippen LogP contribution is 2.32. The molecule has 27 heavy (non-hydrogen) atoms. The fourth-order valence-electron chi connectivity index (χ4n) is 3.12. The van der Waals surface area contributed by atoms with Gasteiger partial charge in [0, 0.05) is 11.8 Å². The van der Waals surface area contributed by atoms with Gasteiger partial charge in [0.2, 0.25) is 0 Å². The molecule has 1 aromatic heterocycles. The van der Waals surface area contributed by atoms with Gasteiger partial charge in [-0.3, -0.25) is 0 Å². The Bertz CT molecular complexity index is 1160. The third-order valence-electron chi connectivity index (χ3n) is 4.40. The van der Waals surface area contributed by atoms with E-state index in [0.717, 1.165) is 28.6 Å². The van der Waals surface area contributed by atoms with Gasteiger partial charge < -0.3 is 9.52 Å². The molecule has 0 radical (unpaired) electrons. The van der Waals surface area contributed by atoms with Gasteiger partial charge in [-0.05, 0) is 53.1 Å². The quantitative estimate of drug-likeness (QED) is 0.508. The Labute approximate surface area is 153 Å². The summed E-state index contributed by atoms with van der Waals surface area (Å²) in [5.74, 6) is -2.16. The average Bonchev–Trinajstić information content (AvgIpc) is 3.07. The summed E-state index contributed by atoms with van der Waals surface area (Å²) >= 11 is 0. The van der Waals surface area contributed by atoms with Crippen molar-refractivity contribution >= 4 is 16.9 Å². The first-order valence-electron chi connectivity index (χ1n) is 8.30. The van der Waals surface area contributed by atoms with Crippen LogP contribution < -0.4 is 0 Å². The van der Waals surface area contributed by atoms with Gasteiger partial charge >= 0.3 is 5.97 Å². The second-order valence-corrected chi connectivity index (χ2v) is 6.24. The zero-order chi connectivity index (χ0) is 19.0. The maximum absolute atomic E-state index is 13.4. The highest BCUT2D eigenvalue weighted by atomic mass is 19.2. The first-order valence-corrected chi connectivity index (χ1v) is 8.30. The maximum Gasteiger partial charge on any atom is 0.335 e. The number of carboxylic acids is 1. The number of fused-ring (bicyclic) bond motifs is 1. The van der Waals surface area contributed by atoms with Gasteiger partial charge in [0.15, 0.2) is 11.6 Å². The lowest BCUT2D eigenvalue weighted by Gasteiger charge is -2.04. The van der Waals surface area contributed by atoms with Crippen molar-refractivity contribution in [3.63, 3.8) is 0 Å². The number of halogens is 2. The first kappa shape index (κ1) is 17.0. The molecule has 0 aliphatic rings. The molecule has 0 aliphatic heterocycles. The van der Waals surface area contributed by atoms with Crippen LogP contribution in [0.1, 0.15) is 21.7 Å². The van der Waals surface area contributed by atoms with Crippen LogP contribution in [0.25, 0.3) is 22.1 Å². The average molecular weight is 364 g/mol. The molecule has 5 heteroatoms. The molecule has 0 unspecified atom stereocenters. The topological polar surface area (TPSA) is 50.4 Å². The van der Waals surface area contributed by atoms with E-state index in [-0.39, 0.29) is 5.56 Å². The standard InChI is InChI=1S/C22H14F2O3/c23-19-8-7-13(10-20(19)24)9-16-12-18-17(5-2-6-21(18)27-16)14-3-1-4-15(11-14)22(25)26/h1-8,10-12H,9H2,(H,25,26). The molecule has 0 spiro atoms. The normalized spacial score (nSPS) is 11.0. The van der Waals surface area contributed by atoms with Gasteiger partial charge in [-0.1, -0.05) is 30.3 Å². The minimum Gasteiger partial charge on any atom is -0.478 e. The van der Waals surface area contributed by atoms with E-state index >= 15 is 0 Å². The summed E-state index contributed by atoms with van der Waals surface area (Å²) in [6.07, 6.45) is 0.320. The Morgan fingerprint density at radius 2 is 1.74 bits per heavy atom. The van der Waals surface area contributed by atoms with Gasteiger partial charge in [0.25, 0.3) is 0 Å². The minimum atomic E-state index is -0.991. The van der Waals surface area contributed by atoms with Crippen LogP contribution in [0.15, 0.2) is 71.1 Å². The summed E-state index contributed by atoms with van der Waals surface area (Å²) < 4.78 is 32.4. The van der Waals surface area contributed by atoms with Crippen LogP contribution in [0.5, 0.6) is 0 Å². The van der Waals surface area contributed by atoms with Gasteiger partial charge in [0.05, 0.1) is 5.56 Å². The Balaban J connectivity index is 1.75. The monoisotopic (exact) mass is 364 g/mol. The zero-order valence-electron chi connectivity index (χ0n) is 14.1. The molecule has 4 rings (SSSR count). The van der Waals surface area contributed by atoms with Crippen LogP contribution >= 0.6 is 0 Å². The van der Waals surface area contributed by atoms with Crippen molar-refractivity contribution in [2.45, 2.75) is 6.42 Å². The van der Waals surface area contributed by atoms with E-state index in [1.54, 1.807) is 12.1 Å². The fraction of sp³-hybridized carbons (Fsp3) is 0.0455. The number of carboxylic acid groups (broad SMARTS) is 1. The fourth-order valence-corrected chi connectivity index (χ4v) is 3.12. The van der Waals surface area contributed by atoms with Crippen molar-refractivity contribution < 1.29 is 23.1 Å². The number of benzene rings is 3. The number of rotatable bonds is 4. The van der Waals surface area contributed by atoms with Crippen molar-refractivity contribution in [3.05, 3.63) is 95.3 Å². The first-order chi connectivity index (χ1) is 13.0. The predicted octanol–water partition coefficient (Wildman–Crippen LogP) is 5.67. The number of carbonyl (C=O) groups is 1. The van der Waals surface area contributed by atoms with Crippen molar-refractivity contribution in [2.24, 2.45) is 0 Å². The molecule has 3 aromatic carbocycles. The van der Waals surface area contributed by atoms with Crippen molar-refractivity contribution in [1.82, 2.24) is 0 Å². The highest BCUT2D eigenvalue weighted by molar-refractivity contribution is 5.96. The molecule has 0 amide bonds. The van der Waals surface area contributed by atoms with E-state index in [0.29, 0.717) is 23.3 Å². The van der Waals surface area contributed by atoms with E-state index in [9.17, 15) is 18.7 Å². The molecule has 0 atom stereocenters. The molecule has 0 fully saturated rings. The van der Waals surface area contributed by atoms with E-state index in [1.807, 2.05) is 30.3 Å². The van der Waals surface area contributed by atoms with Gasteiger partial charge in [-0.2, -0.15) is 0 Å². The van der Waals surface area contributed by atoms with E-state index in [1.165, 1.54) is 12.1 Å². The van der Waals surface area contributed by atoms with Crippen LogP contribution in [0.4, 0.5) is 8.78 Å². The van der Waals surface area contributed by atoms with Crippen LogP contribution in [-0.4, -0.2) is 11.1 Å². The van der Waals surface area contributed by atoms with E-state index < -0.39 is 17.6 Å². The number of furan rings is 1. The lowest BCUT2D eigenvalue weighted by Crippen LogP contribution is -1.95. The number of hydrogen-bond acceptors (Lipinski definition) is 2. The highest BCUT2D eigenvalue weighted by Gasteiger charge is 2.12. The van der Waals surface area contributed by atoms with Crippen LogP contribution in [0, 0.1) is 11.6 Å². The van der Waals surface area contributed by atoms with Crippen LogP contribution in [-0.2, 0) is 6.42 Å². The third kappa shape index (κ3) is 3.31. The maximum atomic E-state index is 13.4. The summed E-state index contributed by atoms with van der Waals surface area (Å²) in [4.78, 5) is 11.2. The summed E-state index contributed by atoms with van der Waals surface area (Å²) in [6.45, 7) is 0. The Morgan fingerprint density at radius 3 is 2.52 bits per heavy atom. The molecule has 1 N–H and O–H groups in total. The molecule has 0 aliphatic carbocycles. The van der Waals surface area contributed by atoms with Crippen molar-refractivity contribution in [2.75, 3.05) is 0 Å². The number of hydrogen-bond donors (Lipinski definition) is 1. The summed E-state index contributed by atoms with van der Waals surface area (Å²) in [6, 6.07) is 17.8. The predicted molar refractivity (Wildman–Crippen MR) is 97.8 cm³/mol. The molecule has 4 aromatic rings. The Kier molecular flexibility index (Phi) is 4.20. The zero-order valence-corrected chi connectivity index (χ0v) is 14.1. The second-order valence-electron chi connectivity index (χ2n) is 6.24. The summed E-state index contributed by atoms with van der Waals surface area (Å²) in [5.41, 5.74) is 3.06. The Morgan fingerprint density at radius 1 is 0.926 bits per heavy atom. The molecule has 0 saturated heterocycles. The third-order valence-corrected chi connectivity index (χ3v) is 4.40. The van der Waals surface area contributed by atoms with Crippen LogP contribution in [0.2, 0.25) is 0 Å². The summed E-state index contributed by atoms with van der Waals surface area (Å²) in [5, 5.41) is 10.0. The van der Waals surface area contributed by atoms with Gasteiger partial charge in [-0.25, -0.2) is 13.6 Å². The molecule has 3 nitrogen and oxygen atoms in total. The number of aromatic carboxylic acids is 1. The smallest absolute Gasteiger partial charge is 0.335 e. The lowest BCUT2D eigenvalue weighted by atomic mass is 9.99. The molecule has 0 saturated carbocycles. The Hall–Kier alpha value is -3.47. The van der Waals surface area contributed by atoms with Crippen molar-refractivity contribution in [3.8, 4) is 11.1 Å². The second kappa shape index (κ2) is 6.68. The minimum absolute atomic E-state index is 0.204. The SMILES string of the molecule is O=C(O)c1cccc(-c2cccc3oc(Cc4ccc(F)c(F)c4)cc23)c1.